The van der Waals surface area contributed by atoms with Gasteiger partial charge in [-0.1, -0.05) is 41.0 Å². The second-order valence-corrected chi connectivity index (χ2v) is 8.81. The van der Waals surface area contributed by atoms with Gasteiger partial charge in [0, 0.05) is 20.5 Å². The molecule has 1 aliphatic heterocycles. The van der Waals surface area contributed by atoms with Crippen molar-refractivity contribution in [1.82, 2.24) is 0 Å². The number of phenols is 1. The number of benzene rings is 2. The minimum Gasteiger partial charge on any atom is -0.508 e. The number of hydrogen-bond donors (Lipinski definition) is 2. The number of fused-ring (bicyclic) bond motifs is 1. The number of amides is 1. The fraction of sp³-hybridized carbons (Fsp3) is 0.0952. The highest BCUT2D eigenvalue weighted by Crippen LogP contribution is 2.28. The van der Waals surface area contributed by atoms with Gasteiger partial charge in [0.25, 0.3) is 5.91 Å². The molecule has 0 radical (unpaired) electrons. The Kier molecular flexibility index (Phi) is 4.92. The van der Waals surface area contributed by atoms with Gasteiger partial charge < -0.3 is 10.4 Å². The molecule has 4 nitrogen and oxygen atoms in total. The van der Waals surface area contributed by atoms with E-state index in [-0.39, 0.29) is 11.7 Å². The molecule has 1 amide bonds. The first kappa shape index (κ1) is 17.7. The first-order valence-electron chi connectivity index (χ1n) is 8.47. The van der Waals surface area contributed by atoms with Gasteiger partial charge in [0.05, 0.1) is 0 Å². The fourth-order valence-electron chi connectivity index (χ4n) is 2.85. The number of thiophene rings is 1. The highest BCUT2D eigenvalue weighted by atomic mass is 32.2. The number of nitrogens with zero attached hydrogens (tertiary/aromatic N) is 1. The van der Waals surface area contributed by atoms with Gasteiger partial charge >= 0.3 is 0 Å². The van der Waals surface area contributed by atoms with Crippen LogP contribution in [0, 0.1) is 11.4 Å². The normalized spacial score (nSPS) is 15.4. The van der Waals surface area contributed by atoms with Crippen LogP contribution >= 0.6 is 22.0 Å². The summed E-state index contributed by atoms with van der Waals surface area (Å²) in [5.41, 5.74) is 3.13. The van der Waals surface area contributed by atoms with Crippen molar-refractivity contribution in [2.75, 3.05) is 5.32 Å². The number of rotatable bonds is 4. The number of carbonyl (C=O) groups excluding carboxylic acids is 1. The summed E-state index contributed by atoms with van der Waals surface area (Å²) in [7, 11) is -0.391. The van der Waals surface area contributed by atoms with Crippen LogP contribution in [0.5, 0.6) is 5.75 Å². The van der Waals surface area contributed by atoms with Crippen molar-refractivity contribution in [1.29, 1.82) is 0 Å². The van der Waals surface area contributed by atoms with E-state index < -0.39 is 10.7 Å². The van der Waals surface area contributed by atoms with E-state index in [9.17, 15) is 9.90 Å². The van der Waals surface area contributed by atoms with Crippen LogP contribution < -0.4 is 9.85 Å². The Labute approximate surface area is 163 Å². The maximum atomic E-state index is 12.8. The van der Waals surface area contributed by atoms with Crippen molar-refractivity contribution in [3.63, 3.8) is 0 Å². The van der Waals surface area contributed by atoms with Gasteiger partial charge in [0.2, 0.25) is 0 Å². The number of carbonyl (C=O) groups is 1. The molecular weight excluding hydrogens is 376 g/mol. The second-order valence-electron chi connectivity index (χ2n) is 6.22. The molecule has 136 valence electrons. The first-order valence-corrected chi connectivity index (χ1v) is 10.7. The zero-order valence-electron chi connectivity index (χ0n) is 14.7. The van der Waals surface area contributed by atoms with Crippen LogP contribution in [0.1, 0.15) is 11.1 Å². The molecule has 0 aliphatic carbocycles. The molecule has 1 atom stereocenters. The largest absolute Gasteiger partial charge is 0.508 e. The van der Waals surface area contributed by atoms with E-state index in [1.165, 1.54) is 10.1 Å². The van der Waals surface area contributed by atoms with Crippen LogP contribution in [-0.4, -0.2) is 16.7 Å². The average molecular weight is 395 g/mol. The van der Waals surface area contributed by atoms with E-state index in [1.807, 2.05) is 36.6 Å². The molecule has 2 N–H and O–H groups in total. The molecule has 1 aromatic heterocycles. The van der Waals surface area contributed by atoms with Crippen molar-refractivity contribution in [2.45, 2.75) is 12.7 Å². The van der Waals surface area contributed by atoms with E-state index >= 15 is 0 Å². The van der Waals surface area contributed by atoms with Gasteiger partial charge in [0.1, 0.15) is 11.5 Å². The van der Waals surface area contributed by atoms with Crippen LogP contribution in [0.3, 0.4) is 0 Å². The van der Waals surface area contributed by atoms with E-state index in [4.69, 9.17) is 4.40 Å². The zero-order valence-corrected chi connectivity index (χ0v) is 16.3. The summed E-state index contributed by atoms with van der Waals surface area (Å²) in [5.74, 6) is 0.737. The number of nitrogens with one attached hydrogen (secondary N) is 1. The van der Waals surface area contributed by atoms with Crippen LogP contribution in [-0.2, 0) is 10.5 Å². The SMILES string of the molecule is Cc1cc(O)ccc1NC(=O)C1=NS(Cc2ccccc2)=c2ccsc2=C1. The molecule has 3 aromatic rings. The van der Waals surface area contributed by atoms with Gasteiger partial charge in [0.15, 0.2) is 0 Å². The first-order chi connectivity index (χ1) is 13.1. The molecule has 0 bridgehead atoms. The number of aryl methyl sites for hydroxylation is 1. The third-order valence-corrected chi connectivity index (χ3v) is 7.11. The van der Waals surface area contributed by atoms with Crippen molar-refractivity contribution in [2.24, 2.45) is 4.40 Å². The lowest BCUT2D eigenvalue weighted by Gasteiger charge is -2.12. The zero-order chi connectivity index (χ0) is 18.8. The van der Waals surface area contributed by atoms with E-state index in [2.05, 4.69) is 23.5 Å². The third-order valence-electron chi connectivity index (χ3n) is 4.22. The van der Waals surface area contributed by atoms with E-state index in [0.29, 0.717) is 11.4 Å². The molecule has 0 spiro atoms. The smallest absolute Gasteiger partial charge is 0.274 e. The molecule has 6 heteroatoms. The van der Waals surface area contributed by atoms with Gasteiger partial charge in [-0.2, -0.15) is 0 Å². The summed E-state index contributed by atoms with van der Waals surface area (Å²) in [4.78, 5) is 12.8. The molecule has 0 saturated carbocycles. The topological polar surface area (TPSA) is 61.7 Å². The lowest BCUT2D eigenvalue weighted by molar-refractivity contribution is -0.110. The maximum Gasteiger partial charge on any atom is 0.274 e. The van der Waals surface area contributed by atoms with Crippen LogP contribution in [0.4, 0.5) is 5.69 Å². The Morgan fingerprint density at radius 1 is 1.19 bits per heavy atom. The predicted molar refractivity (Wildman–Crippen MR) is 114 cm³/mol. The number of phenolic OH excluding ortho intramolecular Hbond substituents is 1. The number of hydrogen-bond acceptors (Lipinski definition) is 4. The third kappa shape index (κ3) is 3.86. The van der Waals surface area contributed by atoms with Crippen molar-refractivity contribution >= 4 is 45.4 Å². The molecule has 0 fully saturated rings. The highest BCUT2D eigenvalue weighted by molar-refractivity contribution is 8.07. The van der Waals surface area contributed by atoms with Crippen LogP contribution in [0.25, 0.3) is 6.08 Å². The summed E-state index contributed by atoms with van der Waals surface area (Å²) in [6, 6.07) is 17.2. The van der Waals surface area contributed by atoms with Gasteiger partial charge in [-0.25, -0.2) is 4.40 Å². The van der Waals surface area contributed by atoms with Crippen molar-refractivity contribution in [3.05, 3.63) is 80.1 Å². The maximum absolute atomic E-state index is 12.8. The molecule has 4 rings (SSSR count). The Bertz CT molecular complexity index is 1160. The molecule has 1 aliphatic rings. The summed E-state index contributed by atoms with van der Waals surface area (Å²) >= 11 is 1.63. The summed E-state index contributed by atoms with van der Waals surface area (Å²) in [6.07, 6.45) is 1.86. The van der Waals surface area contributed by atoms with Crippen LogP contribution in [0.2, 0.25) is 0 Å². The summed E-state index contributed by atoms with van der Waals surface area (Å²) < 4.78 is 7.06. The molecule has 2 heterocycles. The Morgan fingerprint density at radius 3 is 2.78 bits per heavy atom. The Balaban J connectivity index is 1.66. The number of anilines is 1. The van der Waals surface area contributed by atoms with E-state index in [0.717, 1.165) is 15.8 Å². The van der Waals surface area contributed by atoms with Gasteiger partial charge in [-0.3, -0.25) is 4.79 Å². The minimum absolute atomic E-state index is 0.180. The number of aromatic hydroxyl groups is 1. The summed E-state index contributed by atoms with van der Waals surface area (Å²) in [5, 5.41) is 14.5. The average Bonchev–Trinajstić information content (AvgIpc) is 3.14. The predicted octanol–water partition coefficient (Wildman–Crippen LogP) is 4.27. The van der Waals surface area contributed by atoms with Crippen molar-refractivity contribution < 1.29 is 9.90 Å². The fourth-order valence-corrected chi connectivity index (χ4v) is 5.80. The quantitative estimate of drug-likeness (QED) is 0.513. The molecule has 2 aromatic carbocycles. The molecule has 27 heavy (non-hydrogen) atoms. The monoisotopic (exact) mass is 394 g/mol. The molecular formula is C21H18N2O2S2. The van der Waals surface area contributed by atoms with Crippen LogP contribution in [0.15, 0.2) is 64.4 Å². The Hall–Kier alpha value is -2.70. The lowest BCUT2D eigenvalue weighted by Crippen LogP contribution is -2.24. The van der Waals surface area contributed by atoms with E-state index in [1.54, 1.807) is 29.5 Å². The highest BCUT2D eigenvalue weighted by Gasteiger charge is 2.15. The second kappa shape index (κ2) is 7.50. The Morgan fingerprint density at radius 2 is 2.00 bits per heavy atom. The molecule has 0 saturated heterocycles. The minimum atomic E-state index is -0.391. The standard InChI is InChI=1S/C21H18N2O2S2/c1-14-11-16(24)7-8-17(14)22-21(25)18-12-19-20(9-10-26-19)27(23-18)13-15-5-3-2-4-6-15/h2-12,24H,13H2,1H3,(H,22,25). The summed E-state index contributed by atoms with van der Waals surface area (Å²) in [6.45, 7) is 1.85. The van der Waals surface area contributed by atoms with Gasteiger partial charge in [-0.15, -0.1) is 11.3 Å². The van der Waals surface area contributed by atoms with Gasteiger partial charge in [-0.05, 0) is 53.8 Å². The lowest BCUT2D eigenvalue weighted by atomic mass is 10.2. The molecule has 1 unspecified atom stereocenters. The van der Waals surface area contributed by atoms with Crippen molar-refractivity contribution in [3.8, 4) is 5.75 Å².